The lowest BCUT2D eigenvalue weighted by atomic mass is 10.1. The molecule has 1 unspecified atom stereocenters. The van der Waals surface area contributed by atoms with Crippen molar-refractivity contribution >= 4 is 15.9 Å². The van der Waals surface area contributed by atoms with Gasteiger partial charge in [-0.3, -0.25) is 0 Å². The summed E-state index contributed by atoms with van der Waals surface area (Å²) >= 11 is 3.29. The first-order valence-electron chi connectivity index (χ1n) is 3.51. The Morgan fingerprint density at radius 1 is 1.30 bits per heavy atom. The van der Waals surface area contributed by atoms with Crippen molar-refractivity contribution < 1.29 is 8.78 Å². The number of halogens is 3. The van der Waals surface area contributed by atoms with E-state index in [0.29, 0.717) is 12.3 Å². The molecule has 0 nitrogen and oxygen atoms in total. The fraction of sp³-hybridized carbons (Fsp3) is 1.00. The molecule has 0 aliphatic rings. The molecule has 0 aromatic heterocycles. The van der Waals surface area contributed by atoms with Crippen molar-refractivity contribution in [3.8, 4) is 0 Å². The number of hydrogen-bond donors (Lipinski definition) is 0. The van der Waals surface area contributed by atoms with Gasteiger partial charge in [-0.25, -0.2) is 8.78 Å². The Morgan fingerprint density at radius 3 is 2.30 bits per heavy atom. The van der Waals surface area contributed by atoms with Gasteiger partial charge in [0.05, 0.1) is 0 Å². The smallest absolute Gasteiger partial charge is 0.211 e. The van der Waals surface area contributed by atoms with Gasteiger partial charge < -0.3 is 0 Å². The number of rotatable bonds is 5. The van der Waals surface area contributed by atoms with Crippen LogP contribution in [0.2, 0.25) is 0 Å². The van der Waals surface area contributed by atoms with E-state index in [9.17, 15) is 8.78 Å². The van der Waals surface area contributed by atoms with E-state index in [2.05, 4.69) is 22.9 Å². The molecule has 0 saturated heterocycles. The molecule has 0 aromatic carbocycles. The maximum atomic E-state index is 11.6. The monoisotopic (exact) mass is 214 g/mol. The van der Waals surface area contributed by atoms with E-state index in [1.165, 1.54) is 0 Å². The normalized spacial score (nSPS) is 14.1. The van der Waals surface area contributed by atoms with Crippen LogP contribution in [0.3, 0.4) is 0 Å². The van der Waals surface area contributed by atoms with E-state index in [1.807, 2.05) is 0 Å². The van der Waals surface area contributed by atoms with Gasteiger partial charge in [0.15, 0.2) is 0 Å². The average molecular weight is 215 g/mol. The predicted molar refractivity (Wildman–Crippen MR) is 42.8 cm³/mol. The summed E-state index contributed by atoms with van der Waals surface area (Å²) in [5, 5.41) is 0.913. The molecule has 10 heavy (non-hydrogen) atoms. The second-order valence-electron chi connectivity index (χ2n) is 2.58. The number of hydrogen-bond acceptors (Lipinski definition) is 0. The van der Waals surface area contributed by atoms with Crippen molar-refractivity contribution in [3.63, 3.8) is 0 Å². The summed E-state index contributed by atoms with van der Waals surface area (Å²) < 4.78 is 23.2. The number of alkyl halides is 3. The predicted octanol–water partition coefficient (Wildman–Crippen LogP) is 3.45. The lowest BCUT2D eigenvalue weighted by molar-refractivity contribution is 0.132. The standard InChI is InChI=1S/C7H13BrF2/c1-6(5-8)3-2-4-7(9)10/h6-7H,2-5H2,1H3. The van der Waals surface area contributed by atoms with E-state index < -0.39 is 6.43 Å². The van der Waals surface area contributed by atoms with E-state index in [-0.39, 0.29) is 6.42 Å². The van der Waals surface area contributed by atoms with Crippen LogP contribution in [0.5, 0.6) is 0 Å². The Bertz CT molecular complexity index is 76.0. The Hall–Kier alpha value is 0.340. The Morgan fingerprint density at radius 2 is 1.90 bits per heavy atom. The van der Waals surface area contributed by atoms with Crippen LogP contribution in [-0.2, 0) is 0 Å². The maximum absolute atomic E-state index is 11.6. The molecule has 0 amide bonds. The highest BCUT2D eigenvalue weighted by Gasteiger charge is 2.04. The van der Waals surface area contributed by atoms with Gasteiger partial charge in [-0.05, 0) is 18.8 Å². The topological polar surface area (TPSA) is 0 Å². The summed E-state index contributed by atoms with van der Waals surface area (Å²) in [7, 11) is 0. The molecule has 0 fully saturated rings. The minimum atomic E-state index is -2.12. The third-order valence-corrected chi connectivity index (χ3v) is 2.49. The molecule has 3 heteroatoms. The van der Waals surface area contributed by atoms with Gasteiger partial charge in [0.1, 0.15) is 0 Å². The van der Waals surface area contributed by atoms with Crippen LogP contribution < -0.4 is 0 Å². The minimum Gasteiger partial charge on any atom is -0.211 e. The quantitative estimate of drug-likeness (QED) is 0.616. The second kappa shape index (κ2) is 6.08. The molecule has 0 bridgehead atoms. The maximum Gasteiger partial charge on any atom is 0.238 e. The summed E-state index contributed by atoms with van der Waals surface area (Å²) in [6, 6.07) is 0. The van der Waals surface area contributed by atoms with Crippen LogP contribution in [-0.4, -0.2) is 11.8 Å². The zero-order valence-electron chi connectivity index (χ0n) is 6.12. The van der Waals surface area contributed by atoms with E-state index >= 15 is 0 Å². The lowest BCUT2D eigenvalue weighted by Crippen LogP contribution is -1.97. The molecule has 0 saturated carbocycles. The minimum absolute atomic E-state index is 0.0529. The Kier molecular flexibility index (Phi) is 6.28. The van der Waals surface area contributed by atoms with Crippen LogP contribution >= 0.6 is 15.9 Å². The molecular formula is C7H13BrF2. The fourth-order valence-corrected chi connectivity index (χ4v) is 1.02. The molecule has 0 aromatic rings. The second-order valence-corrected chi connectivity index (χ2v) is 3.23. The van der Waals surface area contributed by atoms with Gasteiger partial charge in [0.25, 0.3) is 0 Å². The zero-order chi connectivity index (χ0) is 7.98. The molecular weight excluding hydrogens is 202 g/mol. The molecule has 0 N–H and O–H groups in total. The van der Waals surface area contributed by atoms with E-state index in [0.717, 1.165) is 11.8 Å². The first-order chi connectivity index (χ1) is 4.66. The Balaban J connectivity index is 3.03. The SMILES string of the molecule is CC(CBr)CCCC(F)F. The summed E-state index contributed by atoms with van der Waals surface area (Å²) in [4.78, 5) is 0. The van der Waals surface area contributed by atoms with Gasteiger partial charge >= 0.3 is 0 Å². The third-order valence-electron chi connectivity index (χ3n) is 1.38. The lowest BCUT2D eigenvalue weighted by Gasteiger charge is -2.05. The van der Waals surface area contributed by atoms with Gasteiger partial charge in [-0.15, -0.1) is 0 Å². The van der Waals surface area contributed by atoms with Crippen molar-refractivity contribution in [2.24, 2.45) is 5.92 Å². The van der Waals surface area contributed by atoms with Crippen LogP contribution in [0.15, 0.2) is 0 Å². The van der Waals surface area contributed by atoms with Gasteiger partial charge in [0, 0.05) is 11.8 Å². The molecule has 62 valence electrons. The van der Waals surface area contributed by atoms with Gasteiger partial charge in [-0.2, -0.15) is 0 Å². The molecule has 0 radical (unpaired) electrons. The zero-order valence-corrected chi connectivity index (χ0v) is 7.70. The highest BCUT2D eigenvalue weighted by atomic mass is 79.9. The molecule has 0 aliphatic heterocycles. The van der Waals surface area contributed by atoms with Crippen molar-refractivity contribution in [3.05, 3.63) is 0 Å². The summed E-state index contributed by atoms with van der Waals surface area (Å²) in [6.45, 7) is 2.06. The molecule has 0 aliphatic carbocycles. The van der Waals surface area contributed by atoms with Crippen LogP contribution in [0.4, 0.5) is 8.78 Å². The fourth-order valence-electron chi connectivity index (χ4n) is 0.698. The average Bonchev–Trinajstić information content (AvgIpc) is 1.87. The van der Waals surface area contributed by atoms with Crippen molar-refractivity contribution in [2.45, 2.75) is 32.6 Å². The summed E-state index contributed by atoms with van der Waals surface area (Å²) in [5.41, 5.74) is 0. The highest BCUT2D eigenvalue weighted by molar-refractivity contribution is 9.09. The molecule has 1 atom stereocenters. The van der Waals surface area contributed by atoms with Crippen molar-refractivity contribution in [1.29, 1.82) is 0 Å². The van der Waals surface area contributed by atoms with Gasteiger partial charge in [0.2, 0.25) is 6.43 Å². The molecule has 0 heterocycles. The highest BCUT2D eigenvalue weighted by Crippen LogP contribution is 2.13. The van der Waals surface area contributed by atoms with Crippen molar-refractivity contribution in [1.82, 2.24) is 0 Å². The Labute approximate surface area is 69.1 Å². The van der Waals surface area contributed by atoms with E-state index in [4.69, 9.17) is 0 Å². The largest absolute Gasteiger partial charge is 0.238 e. The first kappa shape index (κ1) is 10.3. The van der Waals surface area contributed by atoms with E-state index in [1.54, 1.807) is 0 Å². The van der Waals surface area contributed by atoms with Crippen LogP contribution in [0.25, 0.3) is 0 Å². The summed E-state index contributed by atoms with van der Waals surface area (Å²) in [5.74, 6) is 0.527. The third kappa shape index (κ3) is 6.46. The van der Waals surface area contributed by atoms with Gasteiger partial charge in [-0.1, -0.05) is 22.9 Å². The van der Waals surface area contributed by atoms with Crippen molar-refractivity contribution in [2.75, 3.05) is 5.33 Å². The summed E-state index contributed by atoms with van der Waals surface area (Å²) in [6.07, 6.45) is -0.528. The van der Waals surface area contributed by atoms with Crippen LogP contribution in [0.1, 0.15) is 26.2 Å². The first-order valence-corrected chi connectivity index (χ1v) is 4.63. The molecule has 0 spiro atoms. The van der Waals surface area contributed by atoms with Crippen LogP contribution in [0, 0.1) is 5.92 Å². The molecule has 0 rings (SSSR count).